The van der Waals surface area contributed by atoms with E-state index in [1.54, 1.807) is 0 Å². The molecule has 0 radical (unpaired) electrons. The van der Waals surface area contributed by atoms with Crippen molar-refractivity contribution in [1.29, 1.82) is 0 Å². The largest absolute Gasteiger partial charge is 0.310 e. The zero-order valence-corrected chi connectivity index (χ0v) is 26.8. The molecule has 0 heterocycles. The average Bonchev–Trinajstić information content (AvgIpc) is 3.47. The molecule has 2 atom stereocenters. The Balaban J connectivity index is 1.08. The molecule has 1 heteroatoms. The van der Waals surface area contributed by atoms with E-state index >= 15 is 0 Å². The molecule has 0 bridgehead atoms. The van der Waals surface area contributed by atoms with Crippen LogP contribution in [0.4, 0.5) is 17.1 Å². The number of benzene rings is 5. The van der Waals surface area contributed by atoms with Crippen LogP contribution in [0.1, 0.15) is 41.5 Å². The molecule has 6 aromatic carbocycles. The summed E-state index contributed by atoms with van der Waals surface area (Å²) in [6.45, 7) is 0. The summed E-state index contributed by atoms with van der Waals surface area (Å²) in [7, 11) is 0. The van der Waals surface area contributed by atoms with Gasteiger partial charge in [0.15, 0.2) is 0 Å². The first-order chi connectivity index (χ1) is 23.8. The van der Waals surface area contributed by atoms with E-state index in [0.717, 1.165) is 30.6 Å². The van der Waals surface area contributed by atoms with E-state index in [1.165, 1.54) is 55.4 Å². The quantitative estimate of drug-likeness (QED) is 0.181. The van der Waals surface area contributed by atoms with Crippen molar-refractivity contribution in [1.82, 2.24) is 0 Å². The van der Waals surface area contributed by atoms with Crippen LogP contribution in [0, 0.1) is 18.1 Å². The van der Waals surface area contributed by atoms with E-state index in [1.807, 2.05) is 6.07 Å². The van der Waals surface area contributed by atoms with Crippen molar-refractivity contribution in [2.75, 3.05) is 4.90 Å². The number of hydrogen-bond acceptors (Lipinski definition) is 1. The molecule has 0 saturated carbocycles. The first-order valence-corrected chi connectivity index (χ1v) is 17.0. The Morgan fingerprint density at radius 3 is 2.31 bits per heavy atom. The third-order valence-corrected chi connectivity index (χ3v) is 10.5. The molecule has 228 valence electrons. The zero-order chi connectivity index (χ0) is 31.9. The molecule has 48 heavy (non-hydrogen) atoms. The van der Waals surface area contributed by atoms with Gasteiger partial charge in [-0.05, 0) is 118 Å². The highest BCUT2D eigenvalue weighted by Gasteiger charge is 2.50. The van der Waals surface area contributed by atoms with Crippen LogP contribution in [0.15, 0.2) is 175 Å². The lowest BCUT2D eigenvalue weighted by atomic mass is 9.61. The first-order valence-electron chi connectivity index (χ1n) is 17.0. The monoisotopic (exact) mass is 613 g/mol. The van der Waals surface area contributed by atoms with Gasteiger partial charge in [-0.2, -0.15) is 0 Å². The van der Waals surface area contributed by atoms with E-state index in [9.17, 15) is 0 Å². The van der Waals surface area contributed by atoms with Crippen molar-refractivity contribution >= 4 is 39.0 Å². The SMILES string of the molecule is c1ccc(C2(C3C=CC(c4ccc(N(c5ccccc5)c5cccc6ccccc56)cc4)=CC3)C3=C(CCC=C3)c3ccccc32)cc#1. The highest BCUT2D eigenvalue weighted by molar-refractivity contribution is 5.99. The lowest BCUT2D eigenvalue weighted by molar-refractivity contribution is 0.454. The lowest BCUT2D eigenvalue weighted by Crippen LogP contribution is -2.36. The highest BCUT2D eigenvalue weighted by atomic mass is 15.1. The Kier molecular flexibility index (Phi) is 6.95. The fourth-order valence-corrected chi connectivity index (χ4v) is 8.43. The molecule has 0 aromatic heterocycles. The lowest BCUT2D eigenvalue weighted by Gasteiger charge is -2.41. The smallest absolute Gasteiger partial charge is 0.0540 e. The maximum Gasteiger partial charge on any atom is 0.0540 e. The molecule has 6 aromatic rings. The average molecular weight is 614 g/mol. The summed E-state index contributed by atoms with van der Waals surface area (Å²) < 4.78 is 0. The van der Waals surface area contributed by atoms with Gasteiger partial charge in [-0.25, -0.2) is 0 Å². The van der Waals surface area contributed by atoms with Crippen molar-refractivity contribution in [3.05, 3.63) is 210 Å². The van der Waals surface area contributed by atoms with Crippen LogP contribution in [0.2, 0.25) is 0 Å². The molecule has 0 aliphatic heterocycles. The predicted molar refractivity (Wildman–Crippen MR) is 200 cm³/mol. The molecule has 0 N–H and O–H groups in total. The van der Waals surface area contributed by atoms with Gasteiger partial charge in [0.25, 0.3) is 0 Å². The molecule has 1 nitrogen and oxygen atoms in total. The summed E-state index contributed by atoms with van der Waals surface area (Å²) in [6, 6.07) is 56.9. The van der Waals surface area contributed by atoms with Crippen LogP contribution in [-0.2, 0) is 5.41 Å². The molecule has 0 spiro atoms. The van der Waals surface area contributed by atoms with Gasteiger partial charge < -0.3 is 4.90 Å². The maximum absolute atomic E-state index is 3.30. The van der Waals surface area contributed by atoms with Crippen LogP contribution >= 0.6 is 0 Å². The molecule has 3 aliphatic rings. The number of anilines is 3. The van der Waals surface area contributed by atoms with Crippen molar-refractivity contribution in [2.24, 2.45) is 5.92 Å². The fourth-order valence-electron chi connectivity index (χ4n) is 8.43. The third-order valence-electron chi connectivity index (χ3n) is 10.5. The van der Waals surface area contributed by atoms with Gasteiger partial charge in [0.1, 0.15) is 0 Å². The second-order valence-corrected chi connectivity index (χ2v) is 13.0. The van der Waals surface area contributed by atoms with Crippen molar-refractivity contribution in [3.8, 4) is 0 Å². The zero-order valence-electron chi connectivity index (χ0n) is 26.8. The minimum Gasteiger partial charge on any atom is -0.310 e. The summed E-state index contributed by atoms with van der Waals surface area (Å²) in [5, 5.41) is 2.47. The minimum atomic E-state index is -0.245. The Hall–Kier alpha value is -5.84. The summed E-state index contributed by atoms with van der Waals surface area (Å²) in [5.41, 5.74) is 12.8. The van der Waals surface area contributed by atoms with E-state index in [2.05, 4.69) is 181 Å². The topological polar surface area (TPSA) is 3.24 Å². The highest BCUT2D eigenvalue weighted by Crippen LogP contribution is 2.58. The molecule has 3 aliphatic carbocycles. The van der Waals surface area contributed by atoms with E-state index in [0.29, 0.717) is 0 Å². The number of nitrogens with zero attached hydrogens (tertiary/aromatic N) is 1. The molecule has 9 rings (SSSR count). The van der Waals surface area contributed by atoms with Gasteiger partial charge >= 0.3 is 0 Å². The molecule has 0 amide bonds. The summed E-state index contributed by atoms with van der Waals surface area (Å²) >= 11 is 0. The number of hydrogen-bond donors (Lipinski definition) is 0. The van der Waals surface area contributed by atoms with Crippen LogP contribution in [0.5, 0.6) is 0 Å². The molecule has 0 fully saturated rings. The maximum atomic E-state index is 3.30. The molecule has 2 unspecified atom stereocenters. The van der Waals surface area contributed by atoms with Crippen LogP contribution in [0.3, 0.4) is 0 Å². The van der Waals surface area contributed by atoms with Crippen molar-refractivity contribution in [3.63, 3.8) is 0 Å². The predicted octanol–water partition coefficient (Wildman–Crippen LogP) is 12.0. The second kappa shape index (κ2) is 11.8. The number of rotatable bonds is 6. The fraction of sp³-hybridized carbons (Fsp3) is 0.106. The summed E-state index contributed by atoms with van der Waals surface area (Å²) in [6.07, 6.45) is 15.2. The van der Waals surface area contributed by atoms with Crippen molar-refractivity contribution < 1.29 is 0 Å². The Morgan fingerprint density at radius 1 is 0.688 bits per heavy atom. The van der Waals surface area contributed by atoms with Gasteiger partial charge in [-0.3, -0.25) is 0 Å². The number of fused-ring (bicyclic) bond motifs is 3. The number of para-hydroxylation sites is 1. The van der Waals surface area contributed by atoms with Crippen molar-refractivity contribution in [2.45, 2.75) is 24.7 Å². The second-order valence-electron chi connectivity index (χ2n) is 13.0. The van der Waals surface area contributed by atoms with Gasteiger partial charge in [0, 0.05) is 16.8 Å². The van der Waals surface area contributed by atoms with Crippen LogP contribution in [-0.4, -0.2) is 0 Å². The third kappa shape index (κ3) is 4.49. The van der Waals surface area contributed by atoms with Gasteiger partial charge in [-0.1, -0.05) is 134 Å². The standard InChI is InChI=1S/C47H35N/c1-3-16-37(17-4-1)47(44-23-11-9-21-42(44)43-22-10-12-24-45(43)47)38-30-26-34(27-31-38)35-28-32-40(33-29-35)48(39-18-5-2-6-19-39)46-25-13-15-36-14-7-8-20-41(36)46/h2-3,5-9,11-21,23-30,32-33,38H,10,22,31H2. The Morgan fingerprint density at radius 2 is 1.48 bits per heavy atom. The van der Waals surface area contributed by atoms with Crippen LogP contribution in [0.25, 0.3) is 21.9 Å². The number of allylic oxidation sites excluding steroid dienone is 8. The first kappa shape index (κ1) is 28.4. The van der Waals surface area contributed by atoms with E-state index < -0.39 is 0 Å². The van der Waals surface area contributed by atoms with E-state index in [4.69, 9.17) is 0 Å². The van der Waals surface area contributed by atoms with E-state index in [-0.39, 0.29) is 11.3 Å². The van der Waals surface area contributed by atoms with Crippen LogP contribution < -0.4 is 4.90 Å². The molecular formula is C47H35N. The van der Waals surface area contributed by atoms with Gasteiger partial charge in [0.05, 0.1) is 11.1 Å². The molecule has 0 saturated heterocycles. The van der Waals surface area contributed by atoms with Gasteiger partial charge in [-0.15, -0.1) is 0 Å². The van der Waals surface area contributed by atoms with Gasteiger partial charge in [0.2, 0.25) is 0 Å². The molecular weight excluding hydrogens is 579 g/mol. The minimum absolute atomic E-state index is 0.245. The Labute approximate surface area is 283 Å². The summed E-state index contributed by atoms with van der Waals surface area (Å²) in [5.74, 6) is 0.285. The summed E-state index contributed by atoms with van der Waals surface area (Å²) in [4.78, 5) is 2.37. The normalized spacial score (nSPS) is 19.4. The Bertz CT molecular complexity index is 2250.